The molecule has 54 valence electrons. The molecule has 0 aliphatic rings. The lowest BCUT2D eigenvalue weighted by Gasteiger charge is -1.96. The molecule has 0 saturated heterocycles. The zero-order valence-corrected chi connectivity index (χ0v) is 6.87. The molecule has 1 aromatic rings. The SMILES string of the molecule is BrOOCc1ccccc1. The van der Waals surface area contributed by atoms with Crippen molar-refractivity contribution in [3.63, 3.8) is 0 Å². The molecule has 0 radical (unpaired) electrons. The number of halogens is 1. The first-order chi connectivity index (χ1) is 4.93. The molecule has 0 heterocycles. The van der Waals surface area contributed by atoms with Gasteiger partial charge in [0.25, 0.3) is 0 Å². The largest absolute Gasteiger partial charge is 0.220 e. The van der Waals surface area contributed by atoms with Crippen molar-refractivity contribution in [2.75, 3.05) is 0 Å². The van der Waals surface area contributed by atoms with E-state index in [1.807, 2.05) is 30.3 Å². The smallest absolute Gasteiger partial charge is 0.142 e. The maximum absolute atomic E-state index is 4.64. The Morgan fingerprint density at radius 3 is 2.50 bits per heavy atom. The summed E-state index contributed by atoms with van der Waals surface area (Å²) in [7, 11) is 0. The minimum absolute atomic E-state index is 0.464. The summed E-state index contributed by atoms with van der Waals surface area (Å²) >= 11 is 2.68. The van der Waals surface area contributed by atoms with Gasteiger partial charge in [-0.15, -0.1) is 0 Å². The minimum Gasteiger partial charge on any atom is -0.220 e. The second-order valence-corrected chi connectivity index (χ2v) is 2.08. The van der Waals surface area contributed by atoms with Crippen LogP contribution in [0.3, 0.4) is 0 Å². The third-order valence-corrected chi connectivity index (χ3v) is 1.30. The summed E-state index contributed by atoms with van der Waals surface area (Å²) in [5, 5.41) is 0. The van der Waals surface area contributed by atoms with Crippen LogP contribution in [0.4, 0.5) is 0 Å². The molecule has 0 aliphatic heterocycles. The van der Waals surface area contributed by atoms with Crippen LogP contribution in [0.2, 0.25) is 0 Å². The Morgan fingerprint density at radius 1 is 1.20 bits per heavy atom. The summed E-state index contributed by atoms with van der Waals surface area (Å²) in [6.45, 7) is 0.464. The van der Waals surface area contributed by atoms with Crippen molar-refractivity contribution < 1.29 is 8.87 Å². The van der Waals surface area contributed by atoms with Crippen LogP contribution < -0.4 is 0 Å². The van der Waals surface area contributed by atoms with Crippen molar-refractivity contribution in [3.8, 4) is 0 Å². The summed E-state index contributed by atoms with van der Waals surface area (Å²) in [4.78, 5) is 4.64. The Bertz CT molecular complexity index is 176. The highest BCUT2D eigenvalue weighted by atomic mass is 79.9. The van der Waals surface area contributed by atoms with Gasteiger partial charge in [0.15, 0.2) is 0 Å². The molecule has 1 aromatic carbocycles. The van der Waals surface area contributed by atoms with Gasteiger partial charge in [-0.1, -0.05) is 30.3 Å². The van der Waals surface area contributed by atoms with Gasteiger partial charge in [0, 0.05) is 0 Å². The van der Waals surface area contributed by atoms with Crippen molar-refractivity contribution >= 4 is 16.3 Å². The predicted octanol–water partition coefficient (Wildman–Crippen LogP) is 2.44. The number of rotatable bonds is 3. The van der Waals surface area contributed by atoms with Crippen molar-refractivity contribution in [1.29, 1.82) is 0 Å². The van der Waals surface area contributed by atoms with Gasteiger partial charge in [0.05, 0.1) is 0 Å². The highest BCUT2D eigenvalue weighted by Gasteiger charge is 1.88. The maximum atomic E-state index is 4.64. The lowest BCUT2D eigenvalue weighted by molar-refractivity contribution is -0.192. The standard InChI is InChI=1S/C7H7BrO2/c8-10-9-6-7-4-2-1-3-5-7/h1-5H,6H2. The molecular weight excluding hydrogens is 196 g/mol. The topological polar surface area (TPSA) is 18.5 Å². The van der Waals surface area contributed by atoms with Crippen LogP contribution in [-0.2, 0) is 15.5 Å². The van der Waals surface area contributed by atoms with E-state index in [2.05, 4.69) is 25.1 Å². The molecule has 0 unspecified atom stereocenters. The van der Waals surface area contributed by atoms with E-state index in [4.69, 9.17) is 0 Å². The summed E-state index contributed by atoms with van der Waals surface area (Å²) in [6.07, 6.45) is 0. The Labute approximate surface area is 68.1 Å². The van der Waals surface area contributed by atoms with Crippen molar-refractivity contribution in [3.05, 3.63) is 35.9 Å². The van der Waals surface area contributed by atoms with Crippen LogP contribution in [0.1, 0.15) is 5.56 Å². The van der Waals surface area contributed by atoms with Gasteiger partial charge < -0.3 is 0 Å². The molecule has 0 atom stereocenters. The Morgan fingerprint density at radius 2 is 1.90 bits per heavy atom. The van der Waals surface area contributed by atoms with E-state index in [0.717, 1.165) is 5.56 Å². The van der Waals surface area contributed by atoms with E-state index in [9.17, 15) is 0 Å². The average molecular weight is 203 g/mol. The fourth-order valence-corrected chi connectivity index (χ4v) is 0.758. The fraction of sp³-hybridized carbons (Fsp3) is 0.143. The molecule has 0 aliphatic carbocycles. The second-order valence-electron chi connectivity index (χ2n) is 1.81. The lowest BCUT2D eigenvalue weighted by atomic mass is 10.2. The van der Waals surface area contributed by atoms with Crippen molar-refractivity contribution in [2.24, 2.45) is 0 Å². The van der Waals surface area contributed by atoms with Crippen LogP contribution in [0, 0.1) is 0 Å². The molecule has 1 rings (SSSR count). The summed E-state index contributed by atoms with van der Waals surface area (Å²) in [5.41, 5.74) is 1.09. The van der Waals surface area contributed by atoms with Gasteiger partial charge in [-0.05, 0) is 5.56 Å². The maximum Gasteiger partial charge on any atom is 0.142 e. The van der Waals surface area contributed by atoms with Gasteiger partial charge in [-0.2, -0.15) is 3.98 Å². The molecule has 0 N–H and O–H groups in total. The summed E-state index contributed by atoms with van der Waals surface area (Å²) < 4.78 is 4.26. The number of hydrogen-bond donors (Lipinski definition) is 0. The van der Waals surface area contributed by atoms with Gasteiger partial charge in [-0.25, -0.2) is 4.89 Å². The van der Waals surface area contributed by atoms with Crippen LogP contribution in [0.15, 0.2) is 30.3 Å². The molecule has 2 nitrogen and oxygen atoms in total. The van der Waals surface area contributed by atoms with Gasteiger partial charge in [0.1, 0.15) is 22.9 Å². The Balaban J connectivity index is 2.43. The molecule has 0 bridgehead atoms. The van der Waals surface area contributed by atoms with E-state index >= 15 is 0 Å². The molecule has 10 heavy (non-hydrogen) atoms. The quantitative estimate of drug-likeness (QED) is 0.554. The minimum atomic E-state index is 0.464. The summed E-state index contributed by atoms with van der Waals surface area (Å²) in [6, 6.07) is 9.79. The zero-order valence-electron chi connectivity index (χ0n) is 5.29. The fourth-order valence-electron chi connectivity index (χ4n) is 0.665. The Hall–Kier alpha value is -0.380. The predicted molar refractivity (Wildman–Crippen MR) is 41.2 cm³/mol. The van der Waals surface area contributed by atoms with E-state index in [1.54, 1.807) is 0 Å². The zero-order chi connectivity index (χ0) is 7.23. The molecular formula is C7H7BrO2. The van der Waals surface area contributed by atoms with Crippen molar-refractivity contribution in [2.45, 2.75) is 6.61 Å². The number of hydrogen-bond acceptors (Lipinski definition) is 2. The Kier molecular flexibility index (Phi) is 3.43. The van der Waals surface area contributed by atoms with E-state index in [1.165, 1.54) is 0 Å². The van der Waals surface area contributed by atoms with Gasteiger partial charge >= 0.3 is 0 Å². The van der Waals surface area contributed by atoms with Crippen LogP contribution in [0.25, 0.3) is 0 Å². The van der Waals surface area contributed by atoms with Crippen LogP contribution in [-0.4, -0.2) is 0 Å². The second kappa shape index (κ2) is 4.44. The van der Waals surface area contributed by atoms with Crippen molar-refractivity contribution in [1.82, 2.24) is 0 Å². The molecule has 0 spiro atoms. The first-order valence-electron chi connectivity index (χ1n) is 2.87. The van der Waals surface area contributed by atoms with E-state index in [-0.39, 0.29) is 0 Å². The lowest BCUT2D eigenvalue weighted by Crippen LogP contribution is -1.86. The number of benzene rings is 1. The first kappa shape index (κ1) is 7.72. The third kappa shape index (κ3) is 2.47. The third-order valence-electron chi connectivity index (χ3n) is 1.11. The van der Waals surface area contributed by atoms with Crippen LogP contribution in [0.5, 0.6) is 0 Å². The first-order valence-corrected chi connectivity index (χ1v) is 3.52. The summed E-state index contributed by atoms with van der Waals surface area (Å²) in [5.74, 6) is 0. The monoisotopic (exact) mass is 202 g/mol. The molecule has 0 aromatic heterocycles. The molecule has 0 fully saturated rings. The van der Waals surface area contributed by atoms with Gasteiger partial charge in [0.2, 0.25) is 0 Å². The molecule has 0 amide bonds. The highest BCUT2D eigenvalue weighted by molar-refractivity contribution is 9.05. The van der Waals surface area contributed by atoms with E-state index < -0.39 is 0 Å². The van der Waals surface area contributed by atoms with E-state index in [0.29, 0.717) is 6.61 Å². The molecule has 0 saturated carbocycles. The normalized spacial score (nSPS) is 9.70. The average Bonchev–Trinajstić information content (AvgIpc) is 2.03. The highest BCUT2D eigenvalue weighted by Crippen LogP contribution is 2.01. The molecule has 3 heteroatoms. The van der Waals surface area contributed by atoms with Crippen LogP contribution >= 0.6 is 16.3 Å². The van der Waals surface area contributed by atoms with Gasteiger partial charge in [-0.3, -0.25) is 0 Å².